The Morgan fingerprint density at radius 3 is 2.74 bits per heavy atom. The minimum atomic E-state index is 0.128. The number of aryl methyl sites for hydroxylation is 1. The average Bonchev–Trinajstić information content (AvgIpc) is 2.39. The van der Waals surface area contributed by atoms with Gasteiger partial charge in [-0.1, -0.05) is 44.0 Å². The van der Waals surface area contributed by atoms with E-state index in [0.29, 0.717) is 0 Å². The molecular formula is C17H28N2. The highest BCUT2D eigenvalue weighted by molar-refractivity contribution is 5.28. The first-order chi connectivity index (χ1) is 9.08. The predicted molar refractivity (Wildman–Crippen MR) is 82.2 cm³/mol. The van der Waals surface area contributed by atoms with Crippen LogP contribution in [0.3, 0.4) is 0 Å². The smallest absolute Gasteiger partial charge is 0.0426 e. The molecule has 0 spiro atoms. The largest absolute Gasteiger partial charge is 0.323 e. The number of rotatable bonds is 4. The number of likely N-dealkylation sites (N-methyl/N-ethyl adjacent to an activating group) is 1. The summed E-state index contributed by atoms with van der Waals surface area (Å²) in [5, 5.41) is 0. The van der Waals surface area contributed by atoms with Gasteiger partial charge in [-0.15, -0.1) is 0 Å². The maximum absolute atomic E-state index is 6.40. The second-order valence-corrected chi connectivity index (χ2v) is 6.33. The van der Waals surface area contributed by atoms with Gasteiger partial charge in [-0.25, -0.2) is 0 Å². The number of benzene rings is 1. The van der Waals surface area contributed by atoms with Gasteiger partial charge < -0.3 is 10.6 Å². The van der Waals surface area contributed by atoms with Crippen molar-refractivity contribution in [3.05, 3.63) is 35.4 Å². The third kappa shape index (κ3) is 3.80. The molecule has 0 bridgehead atoms. The van der Waals surface area contributed by atoms with Gasteiger partial charge in [-0.3, -0.25) is 0 Å². The van der Waals surface area contributed by atoms with Crippen LogP contribution in [0.25, 0.3) is 0 Å². The topological polar surface area (TPSA) is 29.3 Å². The third-order valence-electron chi connectivity index (χ3n) is 4.60. The van der Waals surface area contributed by atoms with Gasteiger partial charge >= 0.3 is 0 Å². The standard InChI is InChI=1S/C17H28N2/c1-13-7-6-9-15(11-13)19(3)12-17(18)16-10-5-4-8-14(16)2/h4-5,8,10,13,15,17H,6-7,9,11-12,18H2,1-3H3. The zero-order valence-electron chi connectivity index (χ0n) is 12.6. The third-order valence-corrected chi connectivity index (χ3v) is 4.60. The van der Waals surface area contributed by atoms with E-state index in [-0.39, 0.29) is 6.04 Å². The zero-order chi connectivity index (χ0) is 13.8. The molecule has 2 rings (SSSR count). The highest BCUT2D eigenvalue weighted by Gasteiger charge is 2.23. The molecule has 0 heterocycles. The van der Waals surface area contributed by atoms with Crippen molar-refractivity contribution in [3.8, 4) is 0 Å². The van der Waals surface area contributed by atoms with Gasteiger partial charge in [0.1, 0.15) is 0 Å². The van der Waals surface area contributed by atoms with Crippen molar-refractivity contribution in [1.82, 2.24) is 4.90 Å². The Balaban J connectivity index is 1.95. The van der Waals surface area contributed by atoms with E-state index in [4.69, 9.17) is 5.73 Å². The molecule has 1 aromatic rings. The molecule has 1 aliphatic carbocycles. The molecule has 3 atom stereocenters. The minimum Gasteiger partial charge on any atom is -0.323 e. The molecule has 2 N–H and O–H groups in total. The van der Waals surface area contributed by atoms with Crippen molar-refractivity contribution >= 4 is 0 Å². The van der Waals surface area contributed by atoms with Gasteiger partial charge in [0.05, 0.1) is 0 Å². The number of nitrogens with two attached hydrogens (primary N) is 1. The van der Waals surface area contributed by atoms with E-state index in [1.165, 1.54) is 36.8 Å². The summed E-state index contributed by atoms with van der Waals surface area (Å²) < 4.78 is 0. The van der Waals surface area contributed by atoms with Crippen LogP contribution in [-0.4, -0.2) is 24.5 Å². The van der Waals surface area contributed by atoms with Crippen LogP contribution in [0.2, 0.25) is 0 Å². The summed E-state index contributed by atoms with van der Waals surface area (Å²) >= 11 is 0. The normalized spacial score (nSPS) is 25.5. The highest BCUT2D eigenvalue weighted by Crippen LogP contribution is 2.27. The molecule has 19 heavy (non-hydrogen) atoms. The number of nitrogens with zero attached hydrogens (tertiary/aromatic N) is 1. The summed E-state index contributed by atoms with van der Waals surface area (Å²) in [4.78, 5) is 2.48. The van der Waals surface area contributed by atoms with Gasteiger partial charge in [0, 0.05) is 18.6 Å². The summed E-state index contributed by atoms with van der Waals surface area (Å²) in [6.45, 7) is 5.49. The molecule has 1 aliphatic rings. The Hall–Kier alpha value is -0.860. The van der Waals surface area contributed by atoms with Gasteiger partial charge in [0.2, 0.25) is 0 Å². The lowest BCUT2D eigenvalue weighted by atomic mass is 9.86. The quantitative estimate of drug-likeness (QED) is 0.897. The van der Waals surface area contributed by atoms with Crippen LogP contribution in [-0.2, 0) is 0 Å². The number of hydrogen-bond donors (Lipinski definition) is 1. The fraction of sp³-hybridized carbons (Fsp3) is 0.647. The molecule has 2 nitrogen and oxygen atoms in total. The molecule has 0 aromatic heterocycles. The molecule has 1 fully saturated rings. The van der Waals surface area contributed by atoms with E-state index in [1.54, 1.807) is 0 Å². The summed E-state index contributed by atoms with van der Waals surface area (Å²) in [5.41, 5.74) is 8.99. The second kappa shape index (κ2) is 6.53. The van der Waals surface area contributed by atoms with E-state index in [2.05, 4.69) is 50.1 Å². The Morgan fingerprint density at radius 2 is 2.05 bits per heavy atom. The van der Waals surface area contributed by atoms with Crippen molar-refractivity contribution in [2.75, 3.05) is 13.6 Å². The maximum atomic E-state index is 6.40. The fourth-order valence-corrected chi connectivity index (χ4v) is 3.36. The van der Waals surface area contributed by atoms with Crippen LogP contribution < -0.4 is 5.73 Å². The van der Waals surface area contributed by atoms with E-state index < -0.39 is 0 Å². The lowest BCUT2D eigenvalue weighted by Crippen LogP contribution is -2.39. The summed E-state index contributed by atoms with van der Waals surface area (Å²) in [6.07, 6.45) is 5.43. The molecule has 0 aliphatic heterocycles. The first-order valence-electron chi connectivity index (χ1n) is 7.59. The molecule has 0 amide bonds. The lowest BCUT2D eigenvalue weighted by Gasteiger charge is -2.35. The monoisotopic (exact) mass is 260 g/mol. The van der Waals surface area contributed by atoms with Crippen LogP contribution in [0.4, 0.5) is 0 Å². The van der Waals surface area contributed by atoms with Crippen molar-refractivity contribution in [2.45, 2.75) is 51.6 Å². The van der Waals surface area contributed by atoms with E-state index >= 15 is 0 Å². The van der Waals surface area contributed by atoms with Crippen LogP contribution in [0, 0.1) is 12.8 Å². The van der Waals surface area contributed by atoms with E-state index in [9.17, 15) is 0 Å². The Morgan fingerprint density at radius 1 is 1.32 bits per heavy atom. The van der Waals surface area contributed by atoms with E-state index in [1.807, 2.05) is 0 Å². The zero-order valence-corrected chi connectivity index (χ0v) is 12.6. The van der Waals surface area contributed by atoms with Gasteiger partial charge in [-0.05, 0) is 43.9 Å². The Bertz CT molecular complexity index is 402. The molecule has 0 saturated heterocycles. The lowest BCUT2D eigenvalue weighted by molar-refractivity contribution is 0.156. The van der Waals surface area contributed by atoms with Crippen molar-refractivity contribution in [1.29, 1.82) is 0 Å². The molecule has 3 unspecified atom stereocenters. The predicted octanol–water partition coefficient (Wildman–Crippen LogP) is 3.51. The van der Waals surface area contributed by atoms with Gasteiger partial charge in [-0.2, -0.15) is 0 Å². The molecule has 106 valence electrons. The summed E-state index contributed by atoms with van der Waals surface area (Å²) in [6, 6.07) is 9.33. The summed E-state index contributed by atoms with van der Waals surface area (Å²) in [7, 11) is 2.24. The summed E-state index contributed by atoms with van der Waals surface area (Å²) in [5.74, 6) is 0.871. The van der Waals surface area contributed by atoms with Crippen LogP contribution in [0.1, 0.15) is 49.8 Å². The molecule has 0 radical (unpaired) electrons. The number of hydrogen-bond acceptors (Lipinski definition) is 2. The SMILES string of the molecule is Cc1ccccc1C(N)CN(C)C1CCCC(C)C1. The van der Waals surface area contributed by atoms with Crippen LogP contribution in [0.15, 0.2) is 24.3 Å². The first-order valence-corrected chi connectivity index (χ1v) is 7.59. The Kier molecular flexibility index (Phi) is 5.00. The first kappa shape index (κ1) is 14.5. The molecular weight excluding hydrogens is 232 g/mol. The van der Waals surface area contributed by atoms with Gasteiger partial charge in [0.25, 0.3) is 0 Å². The second-order valence-electron chi connectivity index (χ2n) is 6.33. The van der Waals surface area contributed by atoms with Crippen molar-refractivity contribution < 1.29 is 0 Å². The van der Waals surface area contributed by atoms with E-state index in [0.717, 1.165) is 18.5 Å². The molecule has 1 saturated carbocycles. The van der Waals surface area contributed by atoms with Gasteiger partial charge in [0.15, 0.2) is 0 Å². The molecule has 2 heteroatoms. The highest BCUT2D eigenvalue weighted by atomic mass is 15.1. The fourth-order valence-electron chi connectivity index (χ4n) is 3.36. The van der Waals surface area contributed by atoms with Crippen molar-refractivity contribution in [2.24, 2.45) is 11.7 Å². The van der Waals surface area contributed by atoms with Crippen molar-refractivity contribution in [3.63, 3.8) is 0 Å². The molecule has 1 aromatic carbocycles. The van der Waals surface area contributed by atoms with Crippen LogP contribution >= 0.6 is 0 Å². The maximum Gasteiger partial charge on any atom is 0.0426 e. The minimum absolute atomic E-state index is 0.128. The average molecular weight is 260 g/mol. The van der Waals surface area contributed by atoms with Crippen LogP contribution in [0.5, 0.6) is 0 Å². The Labute approximate surface area is 118 Å².